The summed E-state index contributed by atoms with van der Waals surface area (Å²) in [6.45, 7) is 6.13. The summed E-state index contributed by atoms with van der Waals surface area (Å²) in [6.07, 6.45) is 5.62. The van der Waals surface area contributed by atoms with Crippen LogP contribution in [0.5, 0.6) is 0 Å². The Balaban J connectivity index is 2.44. The van der Waals surface area contributed by atoms with Crippen LogP contribution in [0.1, 0.15) is 44.0 Å². The molecule has 0 aromatic heterocycles. The first-order valence-electron chi connectivity index (χ1n) is 6.14. The molecule has 1 aromatic carbocycles. The summed E-state index contributed by atoms with van der Waals surface area (Å²) >= 11 is 0. The van der Waals surface area contributed by atoms with Crippen molar-refractivity contribution in [2.75, 3.05) is 0 Å². The van der Waals surface area contributed by atoms with Gasteiger partial charge in [-0.3, -0.25) is 0 Å². The lowest BCUT2D eigenvalue weighted by Gasteiger charge is -2.01. The first-order chi connectivity index (χ1) is 8.59. The molecule has 0 bridgehead atoms. The van der Waals surface area contributed by atoms with Crippen LogP contribution in [0, 0.1) is 0 Å². The van der Waals surface area contributed by atoms with Gasteiger partial charge in [0.1, 0.15) is 0 Å². The molecule has 0 aliphatic carbocycles. The Morgan fingerprint density at radius 2 is 1.83 bits per heavy atom. The molecular formula is C16H20O2. The molecule has 2 heteroatoms. The number of benzene rings is 1. The molecule has 0 aliphatic heterocycles. The van der Waals surface area contributed by atoms with E-state index in [-0.39, 0.29) is 5.97 Å². The Labute approximate surface area is 109 Å². The van der Waals surface area contributed by atoms with E-state index >= 15 is 0 Å². The van der Waals surface area contributed by atoms with Crippen LogP contribution in [-0.2, 0) is 4.74 Å². The molecule has 0 fully saturated rings. The molecule has 0 radical (unpaired) electrons. The highest BCUT2D eigenvalue weighted by atomic mass is 16.5. The van der Waals surface area contributed by atoms with Gasteiger partial charge in [0, 0.05) is 0 Å². The predicted molar refractivity (Wildman–Crippen MR) is 74.3 cm³/mol. The van der Waals surface area contributed by atoms with Crippen molar-refractivity contribution >= 4 is 5.97 Å². The van der Waals surface area contributed by atoms with Crippen molar-refractivity contribution in [1.29, 1.82) is 0 Å². The third-order valence-corrected chi connectivity index (χ3v) is 2.47. The maximum atomic E-state index is 11.7. The van der Waals surface area contributed by atoms with Gasteiger partial charge in [0.25, 0.3) is 0 Å². The van der Waals surface area contributed by atoms with Crippen molar-refractivity contribution < 1.29 is 9.53 Å². The molecule has 0 spiro atoms. The monoisotopic (exact) mass is 244 g/mol. The Hall–Kier alpha value is -1.83. The molecule has 0 amide bonds. The summed E-state index contributed by atoms with van der Waals surface area (Å²) in [5.74, 6) is -0.308. The van der Waals surface area contributed by atoms with E-state index in [0.29, 0.717) is 5.56 Å². The van der Waals surface area contributed by atoms with Crippen molar-refractivity contribution in [3.8, 4) is 0 Å². The number of carbonyl (C=O) groups is 1. The van der Waals surface area contributed by atoms with Gasteiger partial charge in [-0.25, -0.2) is 4.79 Å². The second-order valence-corrected chi connectivity index (χ2v) is 4.56. The highest BCUT2D eigenvalue weighted by Gasteiger charge is 2.03. The molecule has 0 heterocycles. The number of hydrogen-bond acceptors (Lipinski definition) is 2. The van der Waals surface area contributed by atoms with Gasteiger partial charge in [-0.05, 0) is 51.3 Å². The Bertz CT molecular complexity index is 437. The predicted octanol–water partition coefficient (Wildman–Crippen LogP) is 4.49. The van der Waals surface area contributed by atoms with Gasteiger partial charge < -0.3 is 4.74 Å². The molecular weight excluding hydrogens is 224 g/mol. The van der Waals surface area contributed by atoms with Gasteiger partial charge in [-0.1, -0.05) is 29.8 Å². The molecule has 18 heavy (non-hydrogen) atoms. The molecule has 0 aliphatic rings. The van der Waals surface area contributed by atoms with E-state index in [9.17, 15) is 4.79 Å². The zero-order valence-electron chi connectivity index (χ0n) is 11.3. The molecule has 1 aromatic rings. The highest BCUT2D eigenvalue weighted by molar-refractivity contribution is 5.89. The van der Waals surface area contributed by atoms with E-state index in [2.05, 4.69) is 19.9 Å². The third kappa shape index (κ3) is 5.48. The second kappa shape index (κ2) is 7.49. The number of hydrogen-bond donors (Lipinski definition) is 0. The number of rotatable bonds is 5. The summed E-state index contributed by atoms with van der Waals surface area (Å²) in [5.41, 5.74) is 2.95. The lowest BCUT2D eigenvalue weighted by Crippen LogP contribution is -2.00. The molecule has 0 saturated heterocycles. The van der Waals surface area contributed by atoms with Gasteiger partial charge in [0.05, 0.1) is 11.8 Å². The van der Waals surface area contributed by atoms with Crippen LogP contribution in [0.3, 0.4) is 0 Å². The molecule has 0 saturated carbocycles. The highest BCUT2D eigenvalue weighted by Crippen LogP contribution is 2.08. The molecule has 1 rings (SSSR count). The van der Waals surface area contributed by atoms with Gasteiger partial charge >= 0.3 is 5.97 Å². The summed E-state index contributed by atoms with van der Waals surface area (Å²) in [6, 6.07) is 9.00. The average molecular weight is 244 g/mol. The van der Waals surface area contributed by atoms with Gasteiger partial charge in [0.15, 0.2) is 0 Å². The van der Waals surface area contributed by atoms with E-state index in [0.717, 1.165) is 18.4 Å². The summed E-state index contributed by atoms with van der Waals surface area (Å²) in [5, 5.41) is 0. The van der Waals surface area contributed by atoms with Gasteiger partial charge in [0.2, 0.25) is 0 Å². The fourth-order valence-corrected chi connectivity index (χ4v) is 1.44. The Morgan fingerprint density at radius 3 is 2.44 bits per heavy atom. The largest absolute Gasteiger partial charge is 0.431 e. The zero-order valence-corrected chi connectivity index (χ0v) is 11.3. The first-order valence-corrected chi connectivity index (χ1v) is 6.14. The zero-order chi connectivity index (χ0) is 13.4. The van der Waals surface area contributed by atoms with Crippen molar-refractivity contribution in [3.05, 3.63) is 59.4 Å². The van der Waals surface area contributed by atoms with Crippen molar-refractivity contribution in [3.63, 3.8) is 0 Å². The van der Waals surface area contributed by atoms with Crippen molar-refractivity contribution in [1.82, 2.24) is 0 Å². The summed E-state index contributed by atoms with van der Waals surface area (Å²) in [4.78, 5) is 11.7. The summed E-state index contributed by atoms with van der Waals surface area (Å²) < 4.78 is 5.13. The summed E-state index contributed by atoms with van der Waals surface area (Å²) in [7, 11) is 0. The fraction of sp³-hybridized carbons (Fsp3) is 0.312. The van der Waals surface area contributed by atoms with Crippen LogP contribution >= 0.6 is 0 Å². The van der Waals surface area contributed by atoms with Crippen LogP contribution in [0.2, 0.25) is 0 Å². The SMILES string of the molecule is CC(C)=CCCC(C)=COC(=O)c1ccccc1. The Kier molecular flexibility index (Phi) is 5.92. The maximum absolute atomic E-state index is 11.7. The van der Waals surface area contributed by atoms with Crippen LogP contribution in [0.25, 0.3) is 0 Å². The van der Waals surface area contributed by atoms with Gasteiger partial charge in [-0.15, -0.1) is 0 Å². The minimum absolute atomic E-state index is 0.308. The topological polar surface area (TPSA) is 26.3 Å². The van der Waals surface area contributed by atoms with E-state index in [1.54, 1.807) is 18.4 Å². The molecule has 0 N–H and O–H groups in total. The van der Waals surface area contributed by atoms with E-state index in [1.807, 2.05) is 25.1 Å². The lowest BCUT2D eigenvalue weighted by molar-refractivity contribution is 0.0660. The van der Waals surface area contributed by atoms with Crippen LogP contribution in [-0.4, -0.2) is 5.97 Å². The minimum Gasteiger partial charge on any atom is -0.431 e. The fourth-order valence-electron chi connectivity index (χ4n) is 1.44. The van der Waals surface area contributed by atoms with Crippen LogP contribution < -0.4 is 0 Å². The number of ether oxygens (including phenoxy) is 1. The van der Waals surface area contributed by atoms with Crippen molar-refractivity contribution in [2.24, 2.45) is 0 Å². The average Bonchev–Trinajstić information content (AvgIpc) is 2.36. The smallest absolute Gasteiger partial charge is 0.342 e. The molecule has 96 valence electrons. The minimum atomic E-state index is -0.308. The molecule has 0 unspecified atom stereocenters. The quantitative estimate of drug-likeness (QED) is 0.433. The number of carbonyl (C=O) groups excluding carboxylic acids is 1. The normalized spacial score (nSPS) is 10.9. The molecule has 2 nitrogen and oxygen atoms in total. The van der Waals surface area contributed by atoms with E-state index < -0.39 is 0 Å². The number of allylic oxidation sites excluding steroid dienone is 3. The van der Waals surface area contributed by atoms with Gasteiger partial charge in [-0.2, -0.15) is 0 Å². The van der Waals surface area contributed by atoms with Crippen LogP contribution in [0.4, 0.5) is 0 Å². The maximum Gasteiger partial charge on any atom is 0.342 e. The molecule has 0 atom stereocenters. The van der Waals surface area contributed by atoms with E-state index in [4.69, 9.17) is 4.74 Å². The van der Waals surface area contributed by atoms with E-state index in [1.165, 1.54) is 5.57 Å². The third-order valence-electron chi connectivity index (χ3n) is 2.47. The van der Waals surface area contributed by atoms with Crippen LogP contribution in [0.15, 0.2) is 53.8 Å². The van der Waals surface area contributed by atoms with Crippen molar-refractivity contribution in [2.45, 2.75) is 33.6 Å². The first kappa shape index (κ1) is 14.2. The lowest BCUT2D eigenvalue weighted by atomic mass is 10.1. The Morgan fingerprint density at radius 1 is 1.17 bits per heavy atom. The second-order valence-electron chi connectivity index (χ2n) is 4.56. The standard InChI is InChI=1S/C16H20O2/c1-13(2)8-7-9-14(3)12-18-16(17)15-10-5-4-6-11-15/h4-6,8,10-12H,7,9H2,1-3H3. The number of esters is 1.